The lowest BCUT2D eigenvalue weighted by molar-refractivity contribution is 0.145. The number of ether oxygens (including phenoxy) is 1. The lowest BCUT2D eigenvalue weighted by atomic mass is 10.2. The average Bonchev–Trinajstić information content (AvgIpc) is 3.53. The smallest absolute Gasteiger partial charge is 0.404 e. The summed E-state index contributed by atoms with van der Waals surface area (Å²) < 4.78 is 32.6. The highest BCUT2D eigenvalue weighted by molar-refractivity contribution is 6.35. The lowest BCUT2D eigenvalue weighted by Crippen LogP contribution is -2.36. The third kappa shape index (κ3) is 3.97. The molecule has 0 saturated heterocycles. The van der Waals surface area contributed by atoms with Crippen LogP contribution in [-0.4, -0.2) is 22.0 Å². The van der Waals surface area contributed by atoms with Crippen LogP contribution in [0.3, 0.4) is 0 Å². The Balaban J connectivity index is 1.63. The predicted octanol–water partition coefficient (Wildman–Crippen LogP) is 5.93. The average molecular weight is 474 g/mol. The molecule has 1 aliphatic rings. The molecule has 1 heterocycles. The van der Waals surface area contributed by atoms with Crippen LogP contribution in [0.15, 0.2) is 35.3 Å². The highest BCUT2D eigenvalue weighted by Gasteiger charge is 2.34. The van der Waals surface area contributed by atoms with Gasteiger partial charge in [-0.3, -0.25) is 4.79 Å². The van der Waals surface area contributed by atoms with Crippen molar-refractivity contribution >= 4 is 51.8 Å². The van der Waals surface area contributed by atoms with Gasteiger partial charge in [-0.05, 0) is 36.6 Å². The van der Waals surface area contributed by atoms with Gasteiger partial charge in [0.1, 0.15) is 5.02 Å². The molecule has 0 aliphatic heterocycles. The number of carbonyl (C=O) groups is 1. The highest BCUT2D eigenvalue weighted by atomic mass is 35.5. The van der Waals surface area contributed by atoms with E-state index in [0.717, 1.165) is 19.0 Å². The summed E-state index contributed by atoms with van der Waals surface area (Å²) in [6, 6.07) is 5.59. The van der Waals surface area contributed by atoms with E-state index in [2.05, 4.69) is 4.98 Å². The topological polar surface area (TPSA) is 62.4 Å². The van der Waals surface area contributed by atoms with Crippen LogP contribution < -0.4 is 10.2 Å². The molecule has 0 unspecified atom stereocenters. The molecule has 1 saturated carbocycles. The standard InChI is InChI=1S/C20H13Cl3F2N2O3/c21-10-2-1-9(13(22)5-10)8-27(11-3-4-11)20(29)30-15-7-26-18-12(19(15)28)6-14(24)17(25)16(18)23/h1-2,5-7,11H,3-4,8H2,(H,26,28). The van der Waals surface area contributed by atoms with Crippen molar-refractivity contribution in [2.75, 3.05) is 0 Å². The van der Waals surface area contributed by atoms with Gasteiger partial charge in [0, 0.05) is 22.3 Å². The fourth-order valence-corrected chi connectivity index (χ4v) is 3.76. The van der Waals surface area contributed by atoms with E-state index < -0.39 is 28.2 Å². The van der Waals surface area contributed by atoms with Gasteiger partial charge in [-0.15, -0.1) is 0 Å². The first-order valence-corrected chi connectivity index (χ1v) is 10.0. The fraction of sp³-hybridized carbons (Fsp3) is 0.200. The Hall–Kier alpha value is -2.35. The van der Waals surface area contributed by atoms with Crippen molar-refractivity contribution in [2.24, 2.45) is 0 Å². The molecule has 156 valence electrons. The second-order valence-corrected chi connectivity index (χ2v) is 8.08. The number of aromatic nitrogens is 1. The van der Waals surface area contributed by atoms with Crippen LogP contribution in [-0.2, 0) is 6.54 Å². The van der Waals surface area contributed by atoms with Gasteiger partial charge < -0.3 is 14.6 Å². The summed E-state index contributed by atoms with van der Waals surface area (Å²) in [5.74, 6) is -2.91. The molecule has 1 amide bonds. The van der Waals surface area contributed by atoms with E-state index >= 15 is 0 Å². The number of nitrogens with zero attached hydrogens (tertiary/aromatic N) is 1. The Labute approximate surface area is 184 Å². The molecule has 1 fully saturated rings. The molecule has 0 bridgehead atoms. The first-order chi connectivity index (χ1) is 14.3. The van der Waals surface area contributed by atoms with E-state index in [9.17, 15) is 18.4 Å². The Morgan fingerprint density at radius 2 is 1.93 bits per heavy atom. The van der Waals surface area contributed by atoms with Gasteiger partial charge in [-0.25, -0.2) is 13.6 Å². The Bertz CT molecular complexity index is 1230. The molecule has 0 atom stereocenters. The largest absolute Gasteiger partial charge is 0.415 e. The van der Waals surface area contributed by atoms with Crippen LogP contribution in [0, 0.1) is 11.6 Å². The predicted molar refractivity (Wildman–Crippen MR) is 111 cm³/mol. The van der Waals surface area contributed by atoms with Crippen molar-refractivity contribution in [2.45, 2.75) is 25.4 Å². The molecular weight excluding hydrogens is 461 g/mol. The summed E-state index contributed by atoms with van der Waals surface area (Å²) in [5.41, 5.74) is -0.216. The summed E-state index contributed by atoms with van der Waals surface area (Å²) >= 11 is 17.9. The minimum Gasteiger partial charge on any atom is -0.404 e. The summed E-state index contributed by atoms with van der Waals surface area (Å²) in [7, 11) is 0. The van der Waals surface area contributed by atoms with Crippen molar-refractivity contribution < 1.29 is 18.3 Å². The molecule has 4 rings (SSSR count). The SMILES string of the molecule is O=C(Oc1c[nH]c2c(Cl)c(F)c(F)cc2c1=O)N(Cc1ccc(Cl)cc1Cl)C1CC1. The number of pyridine rings is 1. The molecule has 2 aromatic carbocycles. The number of aromatic amines is 1. The Kier molecular flexibility index (Phi) is 5.61. The minimum absolute atomic E-state index is 0.0511. The van der Waals surface area contributed by atoms with E-state index in [1.165, 1.54) is 4.90 Å². The van der Waals surface area contributed by atoms with Gasteiger partial charge in [-0.1, -0.05) is 40.9 Å². The van der Waals surface area contributed by atoms with Crippen molar-refractivity contribution in [3.8, 4) is 5.75 Å². The van der Waals surface area contributed by atoms with Crippen molar-refractivity contribution in [1.82, 2.24) is 9.88 Å². The van der Waals surface area contributed by atoms with E-state index in [0.29, 0.717) is 21.7 Å². The number of carbonyl (C=O) groups excluding carboxylic acids is 1. The molecule has 1 aromatic heterocycles. The van der Waals surface area contributed by atoms with Gasteiger partial charge in [0.25, 0.3) is 0 Å². The minimum atomic E-state index is -1.28. The highest BCUT2D eigenvalue weighted by Crippen LogP contribution is 2.32. The van der Waals surface area contributed by atoms with Crippen molar-refractivity contribution in [3.05, 3.63) is 73.0 Å². The van der Waals surface area contributed by atoms with Gasteiger partial charge >= 0.3 is 6.09 Å². The zero-order valence-corrected chi connectivity index (χ0v) is 17.4. The van der Waals surface area contributed by atoms with Crippen molar-refractivity contribution in [3.63, 3.8) is 0 Å². The third-order valence-corrected chi connectivity index (χ3v) is 5.70. The second kappa shape index (κ2) is 8.06. The second-order valence-electron chi connectivity index (χ2n) is 6.85. The number of benzene rings is 2. The molecule has 0 spiro atoms. The summed E-state index contributed by atoms with van der Waals surface area (Å²) in [6.07, 6.45) is 1.90. The van der Waals surface area contributed by atoms with Gasteiger partial charge in [-0.2, -0.15) is 0 Å². The quantitative estimate of drug-likeness (QED) is 0.478. The molecule has 30 heavy (non-hydrogen) atoms. The lowest BCUT2D eigenvalue weighted by Gasteiger charge is -2.22. The summed E-state index contributed by atoms with van der Waals surface area (Å²) in [4.78, 5) is 29.4. The monoisotopic (exact) mass is 472 g/mol. The van der Waals surface area contributed by atoms with E-state index in [1.807, 2.05) is 0 Å². The fourth-order valence-electron chi connectivity index (χ4n) is 3.04. The van der Waals surface area contributed by atoms with Crippen molar-refractivity contribution in [1.29, 1.82) is 0 Å². The maximum atomic E-state index is 13.7. The van der Waals surface area contributed by atoms with E-state index in [4.69, 9.17) is 39.5 Å². The zero-order chi connectivity index (χ0) is 21.6. The van der Waals surface area contributed by atoms with Crippen LogP contribution in [0.4, 0.5) is 13.6 Å². The Morgan fingerprint density at radius 3 is 2.60 bits per heavy atom. The van der Waals surface area contributed by atoms with Gasteiger partial charge in [0.05, 0.1) is 17.4 Å². The van der Waals surface area contributed by atoms with Crippen LogP contribution >= 0.6 is 34.8 Å². The molecule has 10 heteroatoms. The number of amides is 1. The normalized spacial score (nSPS) is 13.5. The van der Waals surface area contributed by atoms with Crippen LogP contribution in [0.5, 0.6) is 5.75 Å². The third-order valence-electron chi connectivity index (χ3n) is 4.75. The number of fused-ring (bicyclic) bond motifs is 1. The van der Waals surface area contributed by atoms with E-state index in [-0.39, 0.29) is 29.2 Å². The maximum Gasteiger partial charge on any atom is 0.415 e. The number of hydrogen-bond acceptors (Lipinski definition) is 3. The number of H-pyrrole nitrogens is 1. The van der Waals surface area contributed by atoms with Crippen LogP contribution in [0.1, 0.15) is 18.4 Å². The summed E-state index contributed by atoms with van der Waals surface area (Å²) in [5, 5.41) is 0.0749. The molecule has 0 radical (unpaired) electrons. The first-order valence-electron chi connectivity index (χ1n) is 8.87. The maximum absolute atomic E-state index is 13.7. The van der Waals surface area contributed by atoms with Crippen LogP contribution in [0.25, 0.3) is 10.9 Å². The van der Waals surface area contributed by atoms with E-state index in [1.54, 1.807) is 18.2 Å². The number of halogens is 5. The number of rotatable bonds is 4. The first kappa shape index (κ1) is 20.9. The summed E-state index contributed by atoms with van der Waals surface area (Å²) in [6.45, 7) is 0.163. The zero-order valence-electron chi connectivity index (χ0n) is 15.1. The Morgan fingerprint density at radius 1 is 1.20 bits per heavy atom. The van der Waals surface area contributed by atoms with Gasteiger partial charge in [0.15, 0.2) is 17.4 Å². The molecule has 1 aliphatic carbocycles. The van der Waals surface area contributed by atoms with Gasteiger partial charge in [0.2, 0.25) is 5.43 Å². The molecule has 5 nitrogen and oxygen atoms in total. The number of hydrogen-bond donors (Lipinski definition) is 1. The van der Waals surface area contributed by atoms with Crippen LogP contribution in [0.2, 0.25) is 15.1 Å². The molecule has 3 aromatic rings. The molecular formula is C20H13Cl3F2N2O3. The molecule has 1 N–H and O–H groups in total. The number of nitrogens with one attached hydrogen (secondary N) is 1.